The van der Waals surface area contributed by atoms with Gasteiger partial charge in [-0.1, -0.05) is 65.8 Å². The van der Waals surface area contributed by atoms with Crippen LogP contribution in [0, 0.1) is 7.14 Å². The van der Waals surface area contributed by atoms with Gasteiger partial charge in [0.15, 0.2) is 7.14 Å². The summed E-state index contributed by atoms with van der Waals surface area (Å²) in [6, 6.07) is 18.4. The van der Waals surface area contributed by atoms with Crippen molar-refractivity contribution in [1.82, 2.24) is 0 Å². The molecule has 0 spiro atoms. The molecule has 0 atom stereocenters. The quantitative estimate of drug-likeness (QED) is 0.258. The van der Waals surface area contributed by atoms with Crippen LogP contribution in [0.4, 0.5) is 25.2 Å². The average molecular weight is 538 g/mol. The maximum absolute atomic E-state index is 10.7. The fourth-order valence-corrected chi connectivity index (χ4v) is 4.31. The SMILES string of the molecule is CC(C)(C)c1ccc([I+]c2ccc(C(C)(C)C)cc2)cc1.F[P-](F)(F)(F)(F)F. The van der Waals surface area contributed by atoms with Gasteiger partial charge in [0.25, 0.3) is 0 Å². The van der Waals surface area contributed by atoms with E-state index < -0.39 is 7.81 Å². The van der Waals surface area contributed by atoms with Crippen LogP contribution >= 0.6 is 7.81 Å². The Bertz CT molecular complexity index is 714. The molecule has 0 N–H and O–H groups in total. The number of hydrogen-bond donors (Lipinski definition) is 0. The molecule has 0 aliphatic heterocycles. The number of hydrogen-bond acceptors (Lipinski definition) is 0. The van der Waals surface area contributed by atoms with E-state index >= 15 is 0 Å². The second kappa shape index (κ2) is 7.46. The van der Waals surface area contributed by atoms with Crippen LogP contribution in [0.25, 0.3) is 0 Å². The second-order valence-electron chi connectivity index (χ2n) is 8.57. The van der Waals surface area contributed by atoms with Crippen LogP contribution in [0.5, 0.6) is 0 Å². The van der Waals surface area contributed by atoms with Gasteiger partial charge in [-0.2, -0.15) is 0 Å². The molecule has 0 bridgehead atoms. The van der Waals surface area contributed by atoms with Crippen molar-refractivity contribution in [3.63, 3.8) is 0 Å². The molecule has 0 aliphatic carbocycles. The summed E-state index contributed by atoms with van der Waals surface area (Å²) in [6.45, 7) is 13.6. The summed E-state index contributed by atoms with van der Waals surface area (Å²) in [5, 5.41) is 0. The van der Waals surface area contributed by atoms with Gasteiger partial charge < -0.3 is 0 Å². The molecule has 0 aliphatic rings. The number of benzene rings is 2. The Balaban J connectivity index is 0.000000480. The minimum atomic E-state index is -10.7. The topological polar surface area (TPSA) is 0 Å². The third kappa shape index (κ3) is 11.9. The van der Waals surface area contributed by atoms with Gasteiger partial charge in [-0.25, -0.2) is 0 Å². The molecule has 2 aromatic rings. The molecular weight excluding hydrogens is 512 g/mol. The molecule has 160 valence electrons. The van der Waals surface area contributed by atoms with Crippen molar-refractivity contribution < 1.29 is 46.4 Å². The standard InChI is InChI=1S/C20H26I.F6P/c1-19(2,3)15-7-11-17(12-8-15)21-18-13-9-16(10-14-18)20(4,5)6;1-7(2,3,4,5)6/h7-14H,1-6H3;/q+1;-1. The average Bonchev–Trinajstić information content (AvgIpc) is 2.43. The molecule has 2 rings (SSSR count). The van der Waals surface area contributed by atoms with E-state index in [9.17, 15) is 25.2 Å². The Morgan fingerprint density at radius 2 is 0.750 bits per heavy atom. The van der Waals surface area contributed by atoms with Crippen molar-refractivity contribution in [2.75, 3.05) is 0 Å². The molecule has 2 aromatic carbocycles. The Kier molecular flexibility index (Phi) is 6.72. The van der Waals surface area contributed by atoms with Crippen molar-refractivity contribution in [1.29, 1.82) is 0 Å². The monoisotopic (exact) mass is 538 g/mol. The Labute approximate surface area is 173 Å². The van der Waals surface area contributed by atoms with Gasteiger partial charge in [0.1, 0.15) is 0 Å². The fraction of sp³-hybridized carbons (Fsp3) is 0.400. The van der Waals surface area contributed by atoms with E-state index in [0.29, 0.717) is 0 Å². The zero-order valence-electron chi connectivity index (χ0n) is 16.7. The summed E-state index contributed by atoms with van der Waals surface area (Å²) in [6.07, 6.45) is 0. The summed E-state index contributed by atoms with van der Waals surface area (Å²) in [5.74, 6) is 0. The van der Waals surface area contributed by atoms with Gasteiger partial charge in [0.2, 0.25) is 0 Å². The van der Waals surface area contributed by atoms with Crippen LogP contribution in [-0.4, -0.2) is 0 Å². The van der Waals surface area contributed by atoms with Crippen molar-refractivity contribution in [2.24, 2.45) is 0 Å². The Hall–Kier alpha value is -0.820. The Morgan fingerprint density at radius 3 is 0.929 bits per heavy atom. The van der Waals surface area contributed by atoms with Crippen LogP contribution in [0.3, 0.4) is 0 Å². The molecule has 0 nitrogen and oxygen atoms in total. The third-order valence-corrected chi connectivity index (χ3v) is 6.32. The number of halogens is 7. The first-order valence-corrected chi connectivity index (χ1v) is 12.7. The van der Waals surface area contributed by atoms with E-state index in [1.807, 2.05) is 0 Å². The van der Waals surface area contributed by atoms with Crippen molar-refractivity contribution in [3.05, 3.63) is 66.8 Å². The first-order valence-electron chi connectivity index (χ1n) is 8.53. The van der Waals surface area contributed by atoms with E-state index in [4.69, 9.17) is 0 Å². The maximum atomic E-state index is 9.87. The predicted octanol–water partition coefficient (Wildman–Crippen LogP) is 5.79. The normalized spacial score (nSPS) is 15.1. The summed E-state index contributed by atoms with van der Waals surface area (Å²) < 4.78 is 62.2. The fourth-order valence-electron chi connectivity index (χ4n) is 2.15. The van der Waals surface area contributed by atoms with Crippen LogP contribution in [-0.2, 0) is 10.8 Å². The molecule has 0 saturated heterocycles. The predicted molar refractivity (Wildman–Crippen MR) is 101 cm³/mol. The van der Waals surface area contributed by atoms with Crippen LogP contribution in [0.15, 0.2) is 48.5 Å². The van der Waals surface area contributed by atoms with Gasteiger partial charge in [0.05, 0.1) is 0 Å². The molecule has 0 saturated carbocycles. The van der Waals surface area contributed by atoms with Gasteiger partial charge in [-0.15, -0.1) is 0 Å². The Morgan fingerprint density at radius 1 is 0.536 bits per heavy atom. The molecule has 0 heterocycles. The summed E-state index contributed by atoms with van der Waals surface area (Å²) in [7, 11) is -10.7. The first-order chi connectivity index (χ1) is 12.1. The van der Waals surface area contributed by atoms with E-state index in [-0.39, 0.29) is 32.0 Å². The van der Waals surface area contributed by atoms with E-state index in [1.54, 1.807) is 0 Å². The van der Waals surface area contributed by atoms with Crippen LogP contribution in [0.2, 0.25) is 0 Å². The molecule has 0 fully saturated rings. The summed E-state index contributed by atoms with van der Waals surface area (Å²) in [4.78, 5) is 0. The molecule has 0 aromatic heterocycles. The van der Waals surface area contributed by atoms with E-state index in [2.05, 4.69) is 90.1 Å². The van der Waals surface area contributed by atoms with E-state index in [1.165, 1.54) is 18.3 Å². The number of rotatable bonds is 2. The van der Waals surface area contributed by atoms with Crippen LogP contribution < -0.4 is 21.2 Å². The first kappa shape index (κ1) is 25.2. The molecule has 0 amide bonds. The van der Waals surface area contributed by atoms with Crippen LogP contribution in [0.1, 0.15) is 52.7 Å². The second-order valence-corrected chi connectivity index (χ2v) is 13.5. The van der Waals surface area contributed by atoms with Gasteiger partial charge in [0, 0.05) is 0 Å². The molecule has 0 unspecified atom stereocenters. The van der Waals surface area contributed by atoms with E-state index in [0.717, 1.165) is 0 Å². The van der Waals surface area contributed by atoms with Crippen molar-refractivity contribution >= 4 is 7.81 Å². The zero-order chi connectivity index (χ0) is 22.1. The molecule has 8 heteroatoms. The van der Waals surface area contributed by atoms with Crippen molar-refractivity contribution in [3.8, 4) is 0 Å². The van der Waals surface area contributed by atoms with Gasteiger partial charge in [-0.3, -0.25) is 0 Å². The van der Waals surface area contributed by atoms with Crippen molar-refractivity contribution in [2.45, 2.75) is 52.4 Å². The molecule has 0 radical (unpaired) electrons. The third-order valence-electron chi connectivity index (χ3n) is 3.64. The molecule has 28 heavy (non-hydrogen) atoms. The summed E-state index contributed by atoms with van der Waals surface area (Å²) in [5.41, 5.74) is 3.31. The molecular formula is C20H26F6IP. The summed E-state index contributed by atoms with van der Waals surface area (Å²) >= 11 is -0.0703. The minimum absolute atomic E-state index is 0.0703. The zero-order valence-corrected chi connectivity index (χ0v) is 19.8. The van der Waals surface area contributed by atoms with Gasteiger partial charge >= 0.3 is 54.2 Å². The van der Waals surface area contributed by atoms with Gasteiger partial charge in [-0.05, 0) is 46.2 Å².